The van der Waals surface area contributed by atoms with Crippen molar-refractivity contribution in [1.82, 2.24) is 9.78 Å². The van der Waals surface area contributed by atoms with Crippen LogP contribution in [0.1, 0.15) is 23.7 Å². The lowest BCUT2D eigenvalue weighted by Crippen LogP contribution is -2.14. The van der Waals surface area contributed by atoms with Crippen molar-refractivity contribution in [3.8, 4) is 0 Å². The zero-order valence-corrected chi connectivity index (χ0v) is 8.47. The Morgan fingerprint density at radius 1 is 1.60 bits per heavy atom. The van der Waals surface area contributed by atoms with Crippen LogP contribution < -0.4 is 5.73 Å². The molecule has 0 aliphatic carbocycles. The van der Waals surface area contributed by atoms with Crippen LogP contribution in [-0.2, 0) is 16.1 Å². The monoisotopic (exact) mass is 211 g/mol. The van der Waals surface area contributed by atoms with E-state index in [-0.39, 0.29) is 6.42 Å². The van der Waals surface area contributed by atoms with Crippen LogP contribution in [0.5, 0.6) is 0 Å². The van der Waals surface area contributed by atoms with E-state index in [1.165, 1.54) is 17.1 Å². The number of nitrogens with zero attached hydrogens (tertiary/aromatic N) is 2. The molecule has 0 spiro atoms. The molecule has 1 aromatic heterocycles. The molecule has 1 rings (SSSR count). The number of aromatic nitrogens is 2. The molecule has 6 heteroatoms. The highest BCUT2D eigenvalue weighted by molar-refractivity contribution is 5.88. The lowest BCUT2D eigenvalue weighted by molar-refractivity contribution is -0.118. The van der Waals surface area contributed by atoms with Gasteiger partial charge in [0.1, 0.15) is 0 Å². The molecular weight excluding hydrogens is 198 g/mol. The van der Waals surface area contributed by atoms with Crippen molar-refractivity contribution in [1.29, 1.82) is 0 Å². The van der Waals surface area contributed by atoms with E-state index >= 15 is 0 Å². The quantitative estimate of drug-likeness (QED) is 0.691. The molecule has 0 unspecified atom stereocenters. The molecule has 82 valence electrons. The van der Waals surface area contributed by atoms with Crippen molar-refractivity contribution in [2.24, 2.45) is 5.73 Å². The number of amides is 1. The highest BCUT2D eigenvalue weighted by Crippen LogP contribution is 2.01. The minimum absolute atomic E-state index is 0.198. The number of nitrogens with two attached hydrogens (primary N) is 1. The maximum absolute atomic E-state index is 11.2. The molecule has 1 amide bonds. The summed E-state index contributed by atoms with van der Waals surface area (Å²) in [6, 6.07) is 0. The summed E-state index contributed by atoms with van der Waals surface area (Å²) in [7, 11) is 0. The van der Waals surface area contributed by atoms with Gasteiger partial charge in [0.2, 0.25) is 5.91 Å². The van der Waals surface area contributed by atoms with E-state index in [1.54, 1.807) is 6.92 Å². The standard InChI is InChI=1S/C9H13N3O3/c1-2-15-9(14)7-5-11-12(6-7)4-3-8(10)13/h5-6H,2-4H2,1H3,(H2,10,13). The Morgan fingerprint density at radius 3 is 2.93 bits per heavy atom. The van der Waals surface area contributed by atoms with Crippen LogP contribution in [0.15, 0.2) is 12.4 Å². The summed E-state index contributed by atoms with van der Waals surface area (Å²) in [5.74, 6) is -0.814. The van der Waals surface area contributed by atoms with Crippen molar-refractivity contribution >= 4 is 11.9 Å². The summed E-state index contributed by atoms with van der Waals surface area (Å²) >= 11 is 0. The number of carbonyl (C=O) groups is 2. The second kappa shape index (κ2) is 5.14. The van der Waals surface area contributed by atoms with Crippen LogP contribution in [-0.4, -0.2) is 28.3 Å². The fourth-order valence-electron chi connectivity index (χ4n) is 1.03. The molecule has 0 aliphatic heterocycles. The van der Waals surface area contributed by atoms with E-state index in [0.29, 0.717) is 18.7 Å². The number of hydrogen-bond acceptors (Lipinski definition) is 4. The van der Waals surface area contributed by atoms with E-state index in [0.717, 1.165) is 0 Å². The normalized spacial score (nSPS) is 9.93. The van der Waals surface area contributed by atoms with Crippen LogP contribution in [0.2, 0.25) is 0 Å². The van der Waals surface area contributed by atoms with Crippen molar-refractivity contribution in [3.05, 3.63) is 18.0 Å². The molecule has 0 atom stereocenters. The highest BCUT2D eigenvalue weighted by Gasteiger charge is 2.09. The van der Waals surface area contributed by atoms with Crippen LogP contribution in [0.4, 0.5) is 0 Å². The first kappa shape index (κ1) is 11.2. The molecule has 1 heterocycles. The van der Waals surface area contributed by atoms with Crippen LogP contribution in [0.25, 0.3) is 0 Å². The number of primary amides is 1. The molecule has 6 nitrogen and oxygen atoms in total. The molecule has 0 aliphatic rings. The first-order chi connectivity index (χ1) is 7.13. The van der Waals surface area contributed by atoms with Gasteiger partial charge in [-0.15, -0.1) is 0 Å². The van der Waals surface area contributed by atoms with E-state index < -0.39 is 11.9 Å². The average Bonchev–Trinajstić information content (AvgIpc) is 2.63. The summed E-state index contributed by atoms with van der Waals surface area (Å²) in [6.45, 7) is 2.43. The molecule has 0 radical (unpaired) electrons. The third-order valence-electron chi connectivity index (χ3n) is 1.73. The summed E-state index contributed by atoms with van der Waals surface area (Å²) in [6.07, 6.45) is 3.13. The Bertz CT molecular complexity index is 359. The molecule has 15 heavy (non-hydrogen) atoms. The van der Waals surface area contributed by atoms with Gasteiger partial charge >= 0.3 is 5.97 Å². The Kier molecular flexibility index (Phi) is 3.84. The van der Waals surface area contributed by atoms with E-state index in [2.05, 4.69) is 5.10 Å². The Balaban J connectivity index is 2.56. The highest BCUT2D eigenvalue weighted by atomic mass is 16.5. The van der Waals surface area contributed by atoms with Gasteiger partial charge in [0.05, 0.1) is 18.4 Å². The summed E-state index contributed by atoms with van der Waals surface area (Å²) in [5, 5.41) is 3.90. The van der Waals surface area contributed by atoms with Gasteiger partial charge in [-0.05, 0) is 6.92 Å². The van der Waals surface area contributed by atoms with Gasteiger partial charge in [-0.3, -0.25) is 9.48 Å². The minimum atomic E-state index is -0.414. The second-order valence-corrected chi connectivity index (χ2v) is 2.93. The number of aryl methyl sites for hydroxylation is 1. The average molecular weight is 211 g/mol. The molecular formula is C9H13N3O3. The van der Waals surface area contributed by atoms with Gasteiger partial charge in [0.15, 0.2) is 0 Å². The van der Waals surface area contributed by atoms with E-state index in [9.17, 15) is 9.59 Å². The largest absolute Gasteiger partial charge is 0.462 e. The third kappa shape index (κ3) is 3.41. The minimum Gasteiger partial charge on any atom is -0.462 e. The van der Waals surface area contributed by atoms with Crippen LogP contribution >= 0.6 is 0 Å². The molecule has 1 aromatic rings. The van der Waals surface area contributed by atoms with Gasteiger partial charge < -0.3 is 10.5 Å². The zero-order valence-electron chi connectivity index (χ0n) is 8.47. The first-order valence-corrected chi connectivity index (χ1v) is 4.61. The van der Waals surface area contributed by atoms with Crippen molar-refractivity contribution in [3.63, 3.8) is 0 Å². The number of rotatable bonds is 5. The van der Waals surface area contributed by atoms with E-state index in [1.807, 2.05) is 0 Å². The summed E-state index contributed by atoms with van der Waals surface area (Å²) < 4.78 is 6.27. The molecule has 0 saturated carbocycles. The summed E-state index contributed by atoms with van der Waals surface area (Å²) in [4.78, 5) is 21.7. The van der Waals surface area contributed by atoms with Gasteiger partial charge in [-0.1, -0.05) is 0 Å². The van der Waals surface area contributed by atoms with Gasteiger partial charge in [-0.2, -0.15) is 5.10 Å². The maximum atomic E-state index is 11.2. The molecule has 0 bridgehead atoms. The maximum Gasteiger partial charge on any atom is 0.341 e. The predicted octanol–water partition coefficient (Wildman–Crippen LogP) is -0.0648. The smallest absolute Gasteiger partial charge is 0.341 e. The first-order valence-electron chi connectivity index (χ1n) is 4.61. The lowest BCUT2D eigenvalue weighted by Gasteiger charge is -1.98. The second-order valence-electron chi connectivity index (χ2n) is 2.93. The molecule has 0 aromatic carbocycles. The molecule has 2 N–H and O–H groups in total. The number of carbonyl (C=O) groups excluding carboxylic acids is 2. The Hall–Kier alpha value is -1.85. The summed E-state index contributed by atoms with van der Waals surface area (Å²) in [5.41, 5.74) is 5.36. The van der Waals surface area contributed by atoms with Crippen molar-refractivity contribution in [2.45, 2.75) is 19.9 Å². The molecule has 0 fully saturated rings. The third-order valence-corrected chi connectivity index (χ3v) is 1.73. The van der Waals surface area contributed by atoms with E-state index in [4.69, 9.17) is 10.5 Å². The SMILES string of the molecule is CCOC(=O)c1cnn(CCC(N)=O)c1. The Morgan fingerprint density at radius 2 is 2.33 bits per heavy atom. The van der Waals surface area contributed by atoms with Gasteiger partial charge in [0, 0.05) is 19.2 Å². The van der Waals surface area contributed by atoms with Crippen molar-refractivity contribution < 1.29 is 14.3 Å². The van der Waals surface area contributed by atoms with Gasteiger partial charge in [-0.25, -0.2) is 4.79 Å². The van der Waals surface area contributed by atoms with Crippen LogP contribution in [0.3, 0.4) is 0 Å². The van der Waals surface area contributed by atoms with Crippen LogP contribution in [0, 0.1) is 0 Å². The lowest BCUT2D eigenvalue weighted by atomic mass is 10.4. The predicted molar refractivity (Wildman–Crippen MR) is 52.0 cm³/mol. The topological polar surface area (TPSA) is 87.2 Å². The number of esters is 1. The number of ether oxygens (including phenoxy) is 1. The molecule has 0 saturated heterocycles. The Labute approximate surface area is 87.0 Å². The fraction of sp³-hybridized carbons (Fsp3) is 0.444. The fourth-order valence-corrected chi connectivity index (χ4v) is 1.03. The van der Waals surface area contributed by atoms with Crippen molar-refractivity contribution in [2.75, 3.05) is 6.61 Å². The zero-order chi connectivity index (χ0) is 11.3. The van der Waals surface area contributed by atoms with Gasteiger partial charge in [0.25, 0.3) is 0 Å². The number of hydrogen-bond donors (Lipinski definition) is 1.